The molecule has 0 aliphatic heterocycles. The topological polar surface area (TPSA) is 64.8 Å². The molecule has 2 aromatic heterocycles. The number of hydrogen-bond donors (Lipinski definition) is 0. The molecule has 1 aliphatic carbocycles. The van der Waals surface area contributed by atoms with Gasteiger partial charge in [0.05, 0.1) is 15.7 Å². The molecule has 4 rings (SSSR count). The number of hydrogen-bond acceptors (Lipinski definition) is 6. The fourth-order valence-electron chi connectivity index (χ4n) is 2.86. The number of aromatic nitrogens is 3. The fourth-order valence-corrected chi connectivity index (χ4v) is 7.05. The second-order valence-corrected chi connectivity index (χ2v) is 11.5. The number of thioether (sulfide) groups is 1. The first-order valence-electron chi connectivity index (χ1n) is 8.71. The quantitative estimate of drug-likeness (QED) is 0.423. The van der Waals surface area contributed by atoms with E-state index in [1.165, 1.54) is 28.8 Å². The number of thiophene rings is 1. The summed E-state index contributed by atoms with van der Waals surface area (Å²) in [6.45, 7) is 0. The van der Waals surface area contributed by atoms with Crippen molar-refractivity contribution in [2.45, 2.75) is 35.4 Å². The molecule has 28 heavy (non-hydrogen) atoms. The van der Waals surface area contributed by atoms with Gasteiger partial charge in [0.15, 0.2) is 15.0 Å². The van der Waals surface area contributed by atoms with Gasteiger partial charge >= 0.3 is 0 Å². The second kappa shape index (κ2) is 8.36. The third kappa shape index (κ3) is 4.57. The minimum atomic E-state index is -3.53. The van der Waals surface area contributed by atoms with E-state index in [1.54, 1.807) is 17.4 Å². The molecule has 3 aromatic rings. The van der Waals surface area contributed by atoms with Crippen LogP contribution in [0.2, 0.25) is 10.0 Å². The molecular weight excluding hydrogens is 457 g/mol. The molecule has 0 spiro atoms. The van der Waals surface area contributed by atoms with Gasteiger partial charge in [0, 0.05) is 28.1 Å². The molecule has 0 atom stereocenters. The summed E-state index contributed by atoms with van der Waals surface area (Å²) >= 11 is 15.1. The van der Waals surface area contributed by atoms with Crippen molar-refractivity contribution in [3.05, 3.63) is 56.5 Å². The van der Waals surface area contributed by atoms with Gasteiger partial charge in [-0.15, -0.1) is 21.5 Å². The molecule has 0 saturated heterocycles. The highest BCUT2D eigenvalue weighted by Gasteiger charge is 2.30. The summed E-state index contributed by atoms with van der Waals surface area (Å²) in [5, 5.41) is 12.0. The zero-order valence-corrected chi connectivity index (χ0v) is 18.7. The van der Waals surface area contributed by atoms with Crippen LogP contribution in [0.15, 0.2) is 45.8 Å². The lowest BCUT2D eigenvalue weighted by atomic mass is 10.3. The first-order valence-corrected chi connectivity index (χ1v) is 13.0. The van der Waals surface area contributed by atoms with E-state index in [0.717, 1.165) is 30.2 Å². The molecule has 1 aromatic carbocycles. The Labute approximate surface area is 182 Å². The summed E-state index contributed by atoms with van der Waals surface area (Å²) in [5.74, 6) is 1.26. The van der Waals surface area contributed by atoms with Crippen molar-refractivity contribution in [1.82, 2.24) is 14.8 Å². The summed E-state index contributed by atoms with van der Waals surface area (Å²) in [5.41, 5.74) is 0. The van der Waals surface area contributed by atoms with Gasteiger partial charge in [-0.3, -0.25) is 0 Å². The molecule has 1 aliphatic rings. The lowest BCUT2D eigenvalue weighted by molar-refractivity contribution is 0.597. The number of sulfone groups is 1. The van der Waals surface area contributed by atoms with Crippen molar-refractivity contribution < 1.29 is 8.42 Å². The Morgan fingerprint density at radius 1 is 1.21 bits per heavy atom. The number of nitrogens with zero attached hydrogens (tertiary/aromatic N) is 3. The largest absolute Gasteiger partial charge is 0.303 e. The molecule has 0 amide bonds. The predicted molar refractivity (Wildman–Crippen MR) is 115 cm³/mol. The van der Waals surface area contributed by atoms with E-state index < -0.39 is 9.84 Å². The fraction of sp³-hybridized carbons (Fsp3) is 0.333. The zero-order valence-electron chi connectivity index (χ0n) is 14.7. The highest BCUT2D eigenvalue weighted by molar-refractivity contribution is 8.00. The molecule has 1 fully saturated rings. The minimum absolute atomic E-state index is 0.0461. The molecule has 0 bridgehead atoms. The molecule has 0 N–H and O–H groups in total. The van der Waals surface area contributed by atoms with E-state index in [4.69, 9.17) is 23.2 Å². The predicted octanol–water partition coefficient (Wildman–Crippen LogP) is 5.14. The Bertz CT molecular complexity index is 1080. The minimum Gasteiger partial charge on any atom is -0.303 e. The van der Waals surface area contributed by atoms with Crippen LogP contribution in [0.1, 0.15) is 29.6 Å². The van der Waals surface area contributed by atoms with Crippen LogP contribution in [-0.4, -0.2) is 34.7 Å². The molecule has 0 radical (unpaired) electrons. The number of benzene rings is 1. The van der Waals surface area contributed by atoms with Crippen LogP contribution >= 0.6 is 46.3 Å². The molecule has 1 saturated carbocycles. The second-order valence-electron chi connectivity index (χ2n) is 6.50. The first-order chi connectivity index (χ1) is 13.4. The maximum Gasteiger partial charge on any atom is 0.191 e. The summed E-state index contributed by atoms with van der Waals surface area (Å²) in [6, 6.07) is 9.02. The van der Waals surface area contributed by atoms with Crippen molar-refractivity contribution in [1.29, 1.82) is 0 Å². The smallest absolute Gasteiger partial charge is 0.191 e. The Hall–Kier alpha value is -1.06. The van der Waals surface area contributed by atoms with Crippen molar-refractivity contribution >= 4 is 56.1 Å². The van der Waals surface area contributed by atoms with Crippen molar-refractivity contribution in [2.75, 3.05) is 11.5 Å². The third-order valence-corrected chi connectivity index (χ3v) is 8.88. The summed E-state index contributed by atoms with van der Waals surface area (Å²) in [4.78, 5) is 1.31. The van der Waals surface area contributed by atoms with Gasteiger partial charge in [-0.25, -0.2) is 8.42 Å². The molecular formula is C18H17Cl2N3O2S3. The van der Waals surface area contributed by atoms with E-state index in [1.807, 2.05) is 6.07 Å². The lowest BCUT2D eigenvalue weighted by Gasteiger charge is -2.09. The molecule has 0 unspecified atom stereocenters. The molecule has 148 valence electrons. The Morgan fingerprint density at radius 3 is 2.75 bits per heavy atom. The summed E-state index contributed by atoms with van der Waals surface area (Å²) < 4.78 is 27.5. The molecule has 5 nitrogen and oxygen atoms in total. The van der Waals surface area contributed by atoms with Gasteiger partial charge < -0.3 is 4.57 Å². The number of halogens is 2. The van der Waals surface area contributed by atoms with Crippen LogP contribution < -0.4 is 0 Å². The normalized spacial score (nSPS) is 14.5. The maximum atomic E-state index is 12.6. The van der Waals surface area contributed by atoms with Gasteiger partial charge in [0.25, 0.3) is 0 Å². The first kappa shape index (κ1) is 20.2. The van der Waals surface area contributed by atoms with E-state index in [9.17, 15) is 8.42 Å². The van der Waals surface area contributed by atoms with Gasteiger partial charge in [0.2, 0.25) is 0 Å². The van der Waals surface area contributed by atoms with Crippen LogP contribution in [0.25, 0.3) is 0 Å². The Balaban J connectivity index is 1.46. The van der Waals surface area contributed by atoms with E-state index in [-0.39, 0.29) is 15.7 Å². The third-order valence-electron chi connectivity index (χ3n) is 4.37. The van der Waals surface area contributed by atoms with Crippen LogP contribution in [0.4, 0.5) is 0 Å². The average Bonchev–Trinajstić information content (AvgIpc) is 3.21. The number of rotatable bonds is 8. The van der Waals surface area contributed by atoms with Gasteiger partial charge in [-0.05, 0) is 42.5 Å². The van der Waals surface area contributed by atoms with Crippen molar-refractivity contribution in [2.24, 2.45) is 0 Å². The SMILES string of the molecule is O=S(=O)(CCSc1nnc(Cc2cccs2)n1C1CC1)c1cc(Cl)ccc1Cl. The Morgan fingerprint density at radius 2 is 2.04 bits per heavy atom. The van der Waals surface area contributed by atoms with E-state index >= 15 is 0 Å². The standard InChI is InChI=1S/C18H17Cl2N3O2S3/c19-12-3-6-15(20)16(10-12)28(24,25)9-8-27-18-22-21-17(23(18)13-4-5-13)11-14-2-1-7-26-14/h1-3,6-7,10,13H,4-5,8-9,11H2. The van der Waals surface area contributed by atoms with Crippen LogP contribution in [0, 0.1) is 0 Å². The Kier molecular flexibility index (Phi) is 6.04. The molecule has 10 heteroatoms. The van der Waals surface area contributed by atoms with Crippen molar-refractivity contribution in [3.8, 4) is 0 Å². The van der Waals surface area contributed by atoms with Crippen LogP contribution in [-0.2, 0) is 16.3 Å². The summed E-state index contributed by atoms with van der Waals surface area (Å²) in [6.07, 6.45) is 2.97. The maximum absolute atomic E-state index is 12.6. The van der Waals surface area contributed by atoms with Crippen LogP contribution in [0.5, 0.6) is 0 Å². The van der Waals surface area contributed by atoms with Gasteiger partial charge in [-0.1, -0.05) is 41.0 Å². The molecule has 2 heterocycles. The van der Waals surface area contributed by atoms with Gasteiger partial charge in [-0.2, -0.15) is 0 Å². The average molecular weight is 474 g/mol. The van der Waals surface area contributed by atoms with Crippen molar-refractivity contribution in [3.63, 3.8) is 0 Å². The monoisotopic (exact) mass is 473 g/mol. The lowest BCUT2D eigenvalue weighted by Crippen LogP contribution is -2.10. The van der Waals surface area contributed by atoms with E-state index in [0.29, 0.717) is 16.8 Å². The highest BCUT2D eigenvalue weighted by atomic mass is 35.5. The van der Waals surface area contributed by atoms with Crippen LogP contribution in [0.3, 0.4) is 0 Å². The zero-order chi connectivity index (χ0) is 19.7. The summed E-state index contributed by atoms with van der Waals surface area (Å²) in [7, 11) is -3.53. The van der Waals surface area contributed by atoms with Gasteiger partial charge in [0.1, 0.15) is 5.82 Å². The van der Waals surface area contributed by atoms with E-state index in [2.05, 4.69) is 26.2 Å². The highest BCUT2D eigenvalue weighted by Crippen LogP contribution is 2.39.